The number of amides is 1. The standard InChI is InChI=1S/C18H15N3OS2/c1-23-15-5-2-13(3-6-15)4-7-17(22)21-18-20-16(12-24-18)14-8-10-19-11-9-14/h2-12H,1H3,(H,20,21,22)/b7-4+. The quantitative estimate of drug-likeness (QED) is 0.539. The Kier molecular flexibility index (Phi) is 5.40. The van der Waals surface area contributed by atoms with Gasteiger partial charge in [-0.15, -0.1) is 23.1 Å². The number of hydrogen-bond donors (Lipinski definition) is 1. The Morgan fingerprint density at radius 1 is 1.17 bits per heavy atom. The van der Waals surface area contributed by atoms with Gasteiger partial charge < -0.3 is 0 Å². The molecule has 0 atom stereocenters. The lowest BCUT2D eigenvalue weighted by Gasteiger charge is -1.98. The van der Waals surface area contributed by atoms with Crippen molar-refractivity contribution in [3.63, 3.8) is 0 Å². The number of aromatic nitrogens is 2. The first-order chi connectivity index (χ1) is 11.7. The van der Waals surface area contributed by atoms with Gasteiger partial charge in [0, 0.05) is 34.3 Å². The van der Waals surface area contributed by atoms with E-state index in [2.05, 4.69) is 15.3 Å². The summed E-state index contributed by atoms with van der Waals surface area (Å²) in [6.45, 7) is 0. The minimum atomic E-state index is -0.195. The second kappa shape index (κ2) is 7.90. The van der Waals surface area contributed by atoms with E-state index in [9.17, 15) is 4.79 Å². The highest BCUT2D eigenvalue weighted by Gasteiger charge is 2.06. The van der Waals surface area contributed by atoms with E-state index in [1.54, 1.807) is 30.2 Å². The van der Waals surface area contributed by atoms with Gasteiger partial charge in [-0.25, -0.2) is 4.98 Å². The maximum Gasteiger partial charge on any atom is 0.250 e. The Morgan fingerprint density at radius 3 is 2.62 bits per heavy atom. The summed E-state index contributed by atoms with van der Waals surface area (Å²) in [5.41, 5.74) is 2.79. The van der Waals surface area contributed by atoms with Crippen LogP contribution in [0, 0.1) is 0 Å². The van der Waals surface area contributed by atoms with Gasteiger partial charge in [0.1, 0.15) is 0 Å². The molecule has 0 fully saturated rings. The van der Waals surface area contributed by atoms with E-state index in [4.69, 9.17) is 0 Å². The molecule has 1 N–H and O–H groups in total. The van der Waals surface area contributed by atoms with Gasteiger partial charge in [-0.3, -0.25) is 15.1 Å². The van der Waals surface area contributed by atoms with Crippen LogP contribution in [0.25, 0.3) is 17.3 Å². The number of thiazole rings is 1. The van der Waals surface area contributed by atoms with E-state index in [0.29, 0.717) is 5.13 Å². The molecule has 2 heterocycles. The van der Waals surface area contributed by atoms with Crippen LogP contribution in [-0.2, 0) is 4.79 Å². The zero-order valence-corrected chi connectivity index (χ0v) is 14.6. The summed E-state index contributed by atoms with van der Waals surface area (Å²) in [6.07, 6.45) is 8.78. The lowest BCUT2D eigenvalue weighted by atomic mass is 10.2. The van der Waals surface area contributed by atoms with Gasteiger partial charge in [-0.1, -0.05) is 12.1 Å². The molecule has 120 valence electrons. The van der Waals surface area contributed by atoms with Crippen molar-refractivity contribution in [1.29, 1.82) is 0 Å². The molecule has 1 aromatic carbocycles. The van der Waals surface area contributed by atoms with Gasteiger partial charge in [0.15, 0.2) is 5.13 Å². The first-order valence-corrected chi connectivity index (χ1v) is 9.34. The number of anilines is 1. The molecule has 0 saturated carbocycles. The van der Waals surface area contributed by atoms with Crippen LogP contribution in [0.15, 0.2) is 65.1 Å². The number of carbonyl (C=O) groups excluding carboxylic acids is 1. The largest absolute Gasteiger partial charge is 0.298 e. The minimum Gasteiger partial charge on any atom is -0.298 e. The maximum atomic E-state index is 12.0. The number of benzene rings is 1. The smallest absolute Gasteiger partial charge is 0.250 e. The molecular weight excluding hydrogens is 338 g/mol. The highest BCUT2D eigenvalue weighted by Crippen LogP contribution is 2.24. The fourth-order valence-electron chi connectivity index (χ4n) is 2.02. The van der Waals surface area contributed by atoms with Crippen LogP contribution in [0.5, 0.6) is 0 Å². The third kappa shape index (κ3) is 4.31. The summed E-state index contributed by atoms with van der Waals surface area (Å²) in [4.78, 5) is 21.6. The molecule has 0 unspecified atom stereocenters. The highest BCUT2D eigenvalue weighted by molar-refractivity contribution is 7.98. The van der Waals surface area contributed by atoms with Crippen molar-refractivity contribution in [2.75, 3.05) is 11.6 Å². The van der Waals surface area contributed by atoms with Crippen LogP contribution < -0.4 is 5.32 Å². The lowest BCUT2D eigenvalue weighted by Crippen LogP contribution is -2.07. The second-order valence-corrected chi connectivity index (χ2v) is 6.61. The fourth-order valence-corrected chi connectivity index (χ4v) is 3.15. The third-order valence-corrected chi connectivity index (χ3v) is 4.75. The van der Waals surface area contributed by atoms with E-state index in [0.717, 1.165) is 16.8 Å². The molecule has 0 saturated heterocycles. The summed E-state index contributed by atoms with van der Waals surface area (Å²) >= 11 is 3.09. The molecule has 0 spiro atoms. The summed E-state index contributed by atoms with van der Waals surface area (Å²) in [6, 6.07) is 11.8. The van der Waals surface area contributed by atoms with Crippen molar-refractivity contribution >= 4 is 40.2 Å². The number of thioether (sulfide) groups is 1. The predicted molar refractivity (Wildman–Crippen MR) is 101 cm³/mol. The van der Waals surface area contributed by atoms with Gasteiger partial charge in [0.05, 0.1) is 5.69 Å². The molecular formula is C18H15N3OS2. The zero-order chi connectivity index (χ0) is 16.8. The summed E-state index contributed by atoms with van der Waals surface area (Å²) in [7, 11) is 0. The molecule has 6 heteroatoms. The van der Waals surface area contributed by atoms with Crippen molar-refractivity contribution in [3.8, 4) is 11.3 Å². The molecule has 0 radical (unpaired) electrons. The molecule has 0 bridgehead atoms. The average Bonchev–Trinajstić information content (AvgIpc) is 3.09. The minimum absolute atomic E-state index is 0.195. The van der Waals surface area contributed by atoms with Crippen molar-refractivity contribution in [3.05, 3.63) is 65.8 Å². The number of hydrogen-bond acceptors (Lipinski definition) is 5. The Hall–Kier alpha value is -2.44. The van der Waals surface area contributed by atoms with Crippen molar-refractivity contribution in [2.24, 2.45) is 0 Å². The summed E-state index contributed by atoms with van der Waals surface area (Å²) in [5.74, 6) is -0.195. The first kappa shape index (κ1) is 16.4. The molecule has 0 aliphatic carbocycles. The Balaban J connectivity index is 1.62. The fraction of sp³-hybridized carbons (Fsp3) is 0.0556. The molecule has 2 aromatic heterocycles. The maximum absolute atomic E-state index is 12.0. The number of rotatable bonds is 5. The Bertz CT molecular complexity index is 842. The van der Waals surface area contributed by atoms with Crippen LogP contribution in [0.3, 0.4) is 0 Å². The molecule has 24 heavy (non-hydrogen) atoms. The number of pyridine rings is 1. The summed E-state index contributed by atoms with van der Waals surface area (Å²) < 4.78 is 0. The Morgan fingerprint density at radius 2 is 1.92 bits per heavy atom. The number of nitrogens with zero attached hydrogens (tertiary/aromatic N) is 2. The monoisotopic (exact) mass is 353 g/mol. The molecule has 0 aliphatic rings. The van der Waals surface area contributed by atoms with Crippen molar-refractivity contribution in [2.45, 2.75) is 4.90 Å². The molecule has 0 aliphatic heterocycles. The summed E-state index contributed by atoms with van der Waals surface area (Å²) in [5, 5.41) is 5.28. The molecule has 3 aromatic rings. The first-order valence-electron chi connectivity index (χ1n) is 7.23. The number of nitrogens with one attached hydrogen (secondary N) is 1. The van der Waals surface area contributed by atoms with E-state index in [1.807, 2.05) is 48.0 Å². The number of carbonyl (C=O) groups is 1. The second-order valence-electron chi connectivity index (χ2n) is 4.87. The van der Waals surface area contributed by atoms with E-state index >= 15 is 0 Å². The van der Waals surface area contributed by atoms with Crippen molar-refractivity contribution in [1.82, 2.24) is 9.97 Å². The highest BCUT2D eigenvalue weighted by atomic mass is 32.2. The van der Waals surface area contributed by atoms with Crippen LogP contribution in [0.2, 0.25) is 0 Å². The molecule has 3 rings (SSSR count). The van der Waals surface area contributed by atoms with E-state index in [1.165, 1.54) is 22.3 Å². The topological polar surface area (TPSA) is 54.9 Å². The normalized spacial score (nSPS) is 10.9. The van der Waals surface area contributed by atoms with Crippen LogP contribution >= 0.6 is 23.1 Å². The van der Waals surface area contributed by atoms with Crippen molar-refractivity contribution < 1.29 is 4.79 Å². The van der Waals surface area contributed by atoms with Crippen LogP contribution in [0.1, 0.15) is 5.56 Å². The molecule has 1 amide bonds. The van der Waals surface area contributed by atoms with Gasteiger partial charge in [-0.2, -0.15) is 0 Å². The van der Waals surface area contributed by atoms with Crippen LogP contribution in [0.4, 0.5) is 5.13 Å². The lowest BCUT2D eigenvalue weighted by molar-refractivity contribution is -0.111. The SMILES string of the molecule is CSc1ccc(/C=C/C(=O)Nc2nc(-c3ccncc3)cs2)cc1. The van der Waals surface area contributed by atoms with Gasteiger partial charge in [0.2, 0.25) is 5.91 Å². The van der Waals surface area contributed by atoms with Gasteiger partial charge >= 0.3 is 0 Å². The zero-order valence-electron chi connectivity index (χ0n) is 13.0. The van der Waals surface area contributed by atoms with E-state index in [-0.39, 0.29) is 5.91 Å². The third-order valence-electron chi connectivity index (χ3n) is 3.25. The molecule has 4 nitrogen and oxygen atoms in total. The van der Waals surface area contributed by atoms with Gasteiger partial charge in [-0.05, 0) is 42.2 Å². The van der Waals surface area contributed by atoms with E-state index < -0.39 is 0 Å². The predicted octanol–water partition coefficient (Wildman–Crippen LogP) is 4.58. The van der Waals surface area contributed by atoms with Crippen LogP contribution in [-0.4, -0.2) is 22.1 Å². The van der Waals surface area contributed by atoms with Gasteiger partial charge in [0.25, 0.3) is 0 Å². The Labute approximate surface area is 148 Å². The average molecular weight is 353 g/mol.